The van der Waals surface area contributed by atoms with Crippen LogP contribution in [0.5, 0.6) is 0 Å². The highest BCUT2D eigenvalue weighted by Gasteiger charge is 2.31. The number of nitrogens with one attached hydrogen (secondary N) is 2. The quantitative estimate of drug-likeness (QED) is 0.268. The summed E-state index contributed by atoms with van der Waals surface area (Å²) in [7, 11) is 1.13. The van der Waals surface area contributed by atoms with Crippen LogP contribution in [0.3, 0.4) is 0 Å². The van der Waals surface area contributed by atoms with Gasteiger partial charge in [0.2, 0.25) is 5.91 Å². The molecule has 0 atom stereocenters. The normalized spacial score (nSPS) is 16.5. The summed E-state index contributed by atoms with van der Waals surface area (Å²) in [4.78, 5) is 19.0. The Kier molecular flexibility index (Phi) is 13.8. The van der Waals surface area contributed by atoms with Crippen molar-refractivity contribution in [2.75, 3.05) is 52.9 Å². The Morgan fingerprint density at radius 1 is 1.31 bits per heavy atom. The maximum atomic E-state index is 12.4. The minimum absolute atomic E-state index is 0. The van der Waals surface area contributed by atoms with Crippen molar-refractivity contribution in [3.8, 4) is 0 Å². The molecule has 7 nitrogen and oxygen atoms in total. The summed E-state index contributed by atoms with van der Waals surface area (Å²) in [5.41, 5.74) is 0. The van der Waals surface area contributed by atoms with Crippen molar-refractivity contribution < 1.29 is 22.7 Å². The molecule has 1 aliphatic heterocycles. The van der Waals surface area contributed by atoms with Gasteiger partial charge in [0.15, 0.2) is 5.96 Å². The Labute approximate surface area is 188 Å². The van der Waals surface area contributed by atoms with Crippen LogP contribution < -0.4 is 10.6 Å². The smallest absolute Gasteiger partial charge is 0.377 e. The van der Waals surface area contributed by atoms with Gasteiger partial charge in [-0.2, -0.15) is 13.2 Å². The van der Waals surface area contributed by atoms with Crippen LogP contribution in [0.15, 0.2) is 4.99 Å². The summed E-state index contributed by atoms with van der Waals surface area (Å²) in [6, 6.07) is 0.211. The SMILES string of the molecule is CCNC(=NCC(=O)N(C)CC(F)(F)F)NC1CCN(CCOC(C)C)CC1.I. The third kappa shape index (κ3) is 13.2. The summed E-state index contributed by atoms with van der Waals surface area (Å²) >= 11 is 0. The average molecular weight is 537 g/mol. The number of amides is 1. The zero-order valence-electron chi connectivity index (χ0n) is 17.7. The van der Waals surface area contributed by atoms with Crippen LogP contribution in [-0.4, -0.2) is 92.9 Å². The predicted molar refractivity (Wildman–Crippen MR) is 119 cm³/mol. The van der Waals surface area contributed by atoms with Gasteiger partial charge in [0.05, 0.1) is 12.7 Å². The molecule has 0 aromatic carbocycles. The highest BCUT2D eigenvalue weighted by molar-refractivity contribution is 14.0. The molecular weight excluding hydrogens is 502 g/mol. The Morgan fingerprint density at radius 3 is 2.45 bits per heavy atom. The molecule has 1 amide bonds. The Hall–Kier alpha value is -0.820. The number of alkyl halides is 3. The van der Waals surface area contributed by atoms with Crippen LogP contribution in [0, 0.1) is 0 Å². The molecule has 1 saturated heterocycles. The van der Waals surface area contributed by atoms with Gasteiger partial charge in [-0.25, -0.2) is 4.99 Å². The van der Waals surface area contributed by atoms with E-state index in [9.17, 15) is 18.0 Å². The number of likely N-dealkylation sites (N-methyl/N-ethyl adjacent to an activating group) is 1. The molecule has 2 N–H and O–H groups in total. The molecular formula is C18H35F3IN5O2. The second-order valence-electron chi connectivity index (χ2n) is 7.24. The Bertz CT molecular complexity index is 498. The second kappa shape index (κ2) is 14.2. The van der Waals surface area contributed by atoms with Gasteiger partial charge in [0.25, 0.3) is 0 Å². The lowest BCUT2D eigenvalue weighted by Crippen LogP contribution is -2.49. The lowest BCUT2D eigenvalue weighted by Gasteiger charge is -2.33. The number of hydrogen-bond acceptors (Lipinski definition) is 4. The highest BCUT2D eigenvalue weighted by Crippen LogP contribution is 2.15. The molecule has 1 aliphatic rings. The number of halogens is 4. The first-order valence-corrected chi connectivity index (χ1v) is 9.80. The molecule has 1 fully saturated rings. The lowest BCUT2D eigenvalue weighted by atomic mass is 10.1. The minimum Gasteiger partial charge on any atom is -0.377 e. The summed E-state index contributed by atoms with van der Waals surface area (Å²) in [5, 5.41) is 6.33. The number of nitrogens with zero attached hydrogens (tertiary/aromatic N) is 3. The minimum atomic E-state index is -4.41. The van der Waals surface area contributed by atoms with E-state index in [1.54, 1.807) is 0 Å². The van der Waals surface area contributed by atoms with E-state index in [-0.39, 0.29) is 42.7 Å². The van der Waals surface area contributed by atoms with Gasteiger partial charge in [-0.3, -0.25) is 4.79 Å². The highest BCUT2D eigenvalue weighted by atomic mass is 127. The van der Waals surface area contributed by atoms with Crippen molar-refractivity contribution in [3.63, 3.8) is 0 Å². The number of piperidine rings is 1. The van der Waals surface area contributed by atoms with Crippen molar-refractivity contribution in [2.45, 2.75) is 51.9 Å². The number of ether oxygens (including phenoxy) is 1. The first-order valence-electron chi connectivity index (χ1n) is 9.80. The van der Waals surface area contributed by atoms with E-state index in [4.69, 9.17) is 4.74 Å². The maximum Gasteiger partial charge on any atom is 0.406 e. The number of likely N-dealkylation sites (tertiary alicyclic amines) is 1. The van der Waals surface area contributed by atoms with Gasteiger partial charge in [0.1, 0.15) is 13.1 Å². The number of aliphatic imine (C=N–C) groups is 1. The van der Waals surface area contributed by atoms with Gasteiger partial charge in [-0.15, -0.1) is 24.0 Å². The monoisotopic (exact) mass is 537 g/mol. The van der Waals surface area contributed by atoms with Gasteiger partial charge in [-0.05, 0) is 33.6 Å². The van der Waals surface area contributed by atoms with Crippen molar-refractivity contribution in [3.05, 3.63) is 0 Å². The Balaban J connectivity index is 0.00000784. The molecule has 0 unspecified atom stereocenters. The van der Waals surface area contributed by atoms with E-state index >= 15 is 0 Å². The average Bonchev–Trinajstić information content (AvgIpc) is 2.59. The fraction of sp³-hybridized carbons (Fsp3) is 0.889. The summed E-state index contributed by atoms with van der Waals surface area (Å²) < 4.78 is 42.7. The maximum absolute atomic E-state index is 12.4. The van der Waals surface area contributed by atoms with E-state index in [0.29, 0.717) is 24.0 Å². The van der Waals surface area contributed by atoms with Crippen LogP contribution >= 0.6 is 24.0 Å². The molecule has 29 heavy (non-hydrogen) atoms. The zero-order valence-corrected chi connectivity index (χ0v) is 20.0. The number of guanidine groups is 1. The van der Waals surface area contributed by atoms with Crippen LogP contribution in [0.1, 0.15) is 33.6 Å². The molecule has 0 radical (unpaired) electrons. The van der Waals surface area contributed by atoms with Gasteiger partial charge >= 0.3 is 6.18 Å². The van der Waals surface area contributed by atoms with Gasteiger partial charge in [-0.1, -0.05) is 0 Å². The number of hydrogen-bond donors (Lipinski definition) is 2. The van der Waals surface area contributed by atoms with Crippen LogP contribution in [0.4, 0.5) is 13.2 Å². The van der Waals surface area contributed by atoms with Crippen LogP contribution in [-0.2, 0) is 9.53 Å². The summed E-state index contributed by atoms with van der Waals surface area (Å²) in [5.74, 6) is -0.215. The topological polar surface area (TPSA) is 69.2 Å². The van der Waals surface area contributed by atoms with E-state index in [2.05, 4.69) is 20.5 Å². The number of carbonyl (C=O) groups excluding carboxylic acids is 1. The van der Waals surface area contributed by atoms with Crippen LogP contribution in [0.25, 0.3) is 0 Å². The molecule has 0 bridgehead atoms. The zero-order chi connectivity index (χ0) is 21.2. The van der Waals surface area contributed by atoms with Gasteiger partial charge < -0.3 is 25.2 Å². The molecule has 0 aromatic rings. The van der Waals surface area contributed by atoms with Crippen molar-refractivity contribution >= 4 is 35.8 Å². The van der Waals surface area contributed by atoms with Crippen molar-refractivity contribution in [2.24, 2.45) is 4.99 Å². The van der Waals surface area contributed by atoms with E-state index in [1.807, 2.05) is 20.8 Å². The largest absolute Gasteiger partial charge is 0.406 e. The molecule has 1 rings (SSSR count). The summed E-state index contributed by atoms with van der Waals surface area (Å²) in [6.07, 6.45) is -2.33. The molecule has 1 heterocycles. The molecule has 172 valence electrons. The Morgan fingerprint density at radius 2 is 1.93 bits per heavy atom. The molecule has 0 aromatic heterocycles. The fourth-order valence-electron chi connectivity index (χ4n) is 2.86. The fourth-order valence-corrected chi connectivity index (χ4v) is 2.86. The van der Waals surface area contributed by atoms with Crippen molar-refractivity contribution in [1.82, 2.24) is 20.4 Å². The number of rotatable bonds is 9. The van der Waals surface area contributed by atoms with E-state index in [0.717, 1.165) is 39.5 Å². The van der Waals surface area contributed by atoms with E-state index < -0.39 is 18.6 Å². The van der Waals surface area contributed by atoms with E-state index in [1.165, 1.54) is 0 Å². The lowest BCUT2D eigenvalue weighted by molar-refractivity contribution is -0.157. The number of carbonyl (C=O) groups is 1. The molecule has 0 aliphatic carbocycles. The first-order chi connectivity index (χ1) is 13.1. The summed E-state index contributed by atoms with van der Waals surface area (Å²) in [6.45, 7) is 8.42. The first kappa shape index (κ1) is 28.2. The second-order valence-corrected chi connectivity index (χ2v) is 7.24. The predicted octanol–water partition coefficient (Wildman–Crippen LogP) is 2.07. The molecule has 11 heteroatoms. The van der Waals surface area contributed by atoms with Crippen LogP contribution in [0.2, 0.25) is 0 Å². The third-order valence-corrected chi connectivity index (χ3v) is 4.35. The standard InChI is InChI=1S/C18H34F3N5O2.HI/c1-5-22-17(23-12-16(27)25(4)13-18(19,20)21)24-15-6-8-26(9-7-15)10-11-28-14(2)3;/h14-15H,5-13H2,1-4H3,(H2,22,23,24);1H. The third-order valence-electron chi connectivity index (χ3n) is 4.35. The van der Waals surface area contributed by atoms with Crippen molar-refractivity contribution in [1.29, 1.82) is 0 Å². The molecule has 0 spiro atoms. The molecule has 0 saturated carbocycles. The van der Waals surface area contributed by atoms with Gasteiger partial charge in [0, 0.05) is 39.3 Å².